The van der Waals surface area contributed by atoms with Gasteiger partial charge < -0.3 is 20.1 Å². The topological polar surface area (TPSA) is 64.8 Å². The number of benzene rings is 2. The van der Waals surface area contributed by atoms with Crippen LogP contribution in [0.1, 0.15) is 27.5 Å². The number of carbonyl (C=O) groups is 1. The van der Waals surface area contributed by atoms with E-state index in [1.165, 1.54) is 0 Å². The van der Waals surface area contributed by atoms with Crippen LogP contribution in [0.15, 0.2) is 42.5 Å². The Morgan fingerprint density at radius 1 is 1.17 bits per heavy atom. The Kier molecular flexibility index (Phi) is 4.71. The number of rotatable bonds is 4. The molecule has 0 radical (unpaired) electrons. The molecule has 0 aliphatic carbocycles. The molecule has 0 aromatic heterocycles. The van der Waals surface area contributed by atoms with Crippen molar-refractivity contribution >= 4 is 5.91 Å². The van der Waals surface area contributed by atoms with Crippen LogP contribution in [0.2, 0.25) is 0 Å². The highest BCUT2D eigenvalue weighted by Gasteiger charge is 2.31. The van der Waals surface area contributed by atoms with E-state index in [0.29, 0.717) is 30.2 Å². The third-order valence-electron chi connectivity index (χ3n) is 4.51. The Hall–Kier alpha value is -2.53. The van der Waals surface area contributed by atoms with Gasteiger partial charge in [-0.2, -0.15) is 0 Å². The molecule has 0 bridgehead atoms. The Bertz CT molecular complexity index is 731. The maximum atomic E-state index is 12.9. The first-order valence-electron chi connectivity index (χ1n) is 8.00. The molecule has 2 aromatic carbocycles. The van der Waals surface area contributed by atoms with Crippen molar-refractivity contribution in [1.82, 2.24) is 4.90 Å². The van der Waals surface area contributed by atoms with Crippen LogP contribution in [0.3, 0.4) is 0 Å². The average molecular weight is 326 g/mol. The zero-order valence-corrected chi connectivity index (χ0v) is 14.0. The molecule has 0 spiro atoms. The zero-order chi connectivity index (χ0) is 17.1. The fourth-order valence-electron chi connectivity index (χ4n) is 3.27. The van der Waals surface area contributed by atoms with E-state index in [9.17, 15) is 4.79 Å². The highest BCUT2D eigenvalue weighted by molar-refractivity contribution is 5.94. The second kappa shape index (κ2) is 6.93. The summed E-state index contributed by atoms with van der Waals surface area (Å²) in [5.74, 6) is 1.37. The minimum Gasteiger partial charge on any atom is -0.493 e. The third-order valence-corrected chi connectivity index (χ3v) is 4.51. The molecule has 24 heavy (non-hydrogen) atoms. The van der Waals surface area contributed by atoms with Gasteiger partial charge in [-0.15, -0.1) is 0 Å². The van der Waals surface area contributed by atoms with Crippen molar-refractivity contribution in [2.45, 2.75) is 12.5 Å². The van der Waals surface area contributed by atoms with Crippen molar-refractivity contribution in [3.8, 4) is 11.5 Å². The van der Waals surface area contributed by atoms with Crippen molar-refractivity contribution < 1.29 is 14.3 Å². The summed E-state index contributed by atoms with van der Waals surface area (Å²) in [5, 5.41) is 0. The van der Waals surface area contributed by atoms with Crippen LogP contribution in [0, 0.1) is 0 Å². The minimum atomic E-state index is -0.165. The lowest BCUT2D eigenvalue weighted by atomic mass is 9.91. The largest absolute Gasteiger partial charge is 0.493 e. The van der Waals surface area contributed by atoms with E-state index in [2.05, 4.69) is 0 Å². The maximum absolute atomic E-state index is 12.9. The standard InChI is InChI=1S/C19H22N2O3/c1-23-17-10-14-8-9-21(19(22)13-6-4-3-5-7-13)16(12-20)15(14)11-18(17)24-2/h3-7,10-11,16H,8-9,12,20H2,1-2H3. The molecule has 1 unspecified atom stereocenters. The molecule has 0 saturated carbocycles. The number of fused-ring (bicyclic) bond motifs is 1. The Balaban J connectivity index is 1.98. The van der Waals surface area contributed by atoms with Crippen molar-refractivity contribution in [3.05, 3.63) is 59.2 Å². The zero-order valence-electron chi connectivity index (χ0n) is 14.0. The second-order valence-corrected chi connectivity index (χ2v) is 5.77. The summed E-state index contributed by atoms with van der Waals surface area (Å²) in [5.41, 5.74) is 8.89. The number of nitrogens with zero attached hydrogens (tertiary/aromatic N) is 1. The number of nitrogens with two attached hydrogens (primary N) is 1. The molecule has 1 heterocycles. The van der Waals surface area contributed by atoms with E-state index < -0.39 is 0 Å². The van der Waals surface area contributed by atoms with E-state index in [-0.39, 0.29) is 11.9 Å². The van der Waals surface area contributed by atoms with Crippen LogP contribution in [-0.4, -0.2) is 38.1 Å². The van der Waals surface area contributed by atoms with Gasteiger partial charge in [-0.05, 0) is 41.8 Å². The van der Waals surface area contributed by atoms with E-state index in [0.717, 1.165) is 17.5 Å². The summed E-state index contributed by atoms with van der Waals surface area (Å²) >= 11 is 0. The van der Waals surface area contributed by atoms with Crippen LogP contribution >= 0.6 is 0 Å². The molecule has 1 amide bonds. The average Bonchev–Trinajstić information content (AvgIpc) is 2.65. The SMILES string of the molecule is COc1cc2c(cc1OC)C(CN)N(C(=O)c1ccccc1)CC2. The van der Waals surface area contributed by atoms with Crippen molar-refractivity contribution in [3.63, 3.8) is 0 Å². The maximum Gasteiger partial charge on any atom is 0.254 e. The van der Waals surface area contributed by atoms with Crippen LogP contribution in [0.4, 0.5) is 0 Å². The van der Waals surface area contributed by atoms with Gasteiger partial charge in [-0.3, -0.25) is 4.79 Å². The van der Waals surface area contributed by atoms with Crippen molar-refractivity contribution in [2.24, 2.45) is 5.73 Å². The number of hydrogen-bond acceptors (Lipinski definition) is 4. The highest BCUT2D eigenvalue weighted by Crippen LogP contribution is 2.38. The van der Waals surface area contributed by atoms with Gasteiger partial charge in [0, 0.05) is 18.7 Å². The van der Waals surface area contributed by atoms with Crippen LogP contribution < -0.4 is 15.2 Å². The molecule has 0 saturated heterocycles. The molecular formula is C19H22N2O3. The number of hydrogen-bond donors (Lipinski definition) is 1. The summed E-state index contributed by atoms with van der Waals surface area (Å²) in [6.07, 6.45) is 0.769. The highest BCUT2D eigenvalue weighted by atomic mass is 16.5. The minimum absolute atomic E-state index is 0.00600. The molecule has 1 atom stereocenters. The first-order chi connectivity index (χ1) is 11.7. The molecule has 2 aromatic rings. The summed E-state index contributed by atoms with van der Waals surface area (Å²) in [7, 11) is 3.23. The summed E-state index contributed by atoms with van der Waals surface area (Å²) in [6.45, 7) is 0.999. The fraction of sp³-hybridized carbons (Fsp3) is 0.316. The summed E-state index contributed by atoms with van der Waals surface area (Å²) < 4.78 is 10.8. The molecule has 5 heteroatoms. The first-order valence-corrected chi connectivity index (χ1v) is 8.00. The van der Waals surface area contributed by atoms with Crippen LogP contribution in [-0.2, 0) is 6.42 Å². The molecule has 1 aliphatic heterocycles. The predicted molar refractivity (Wildman–Crippen MR) is 92.5 cm³/mol. The second-order valence-electron chi connectivity index (χ2n) is 5.77. The monoisotopic (exact) mass is 326 g/mol. The lowest BCUT2D eigenvalue weighted by molar-refractivity contribution is 0.0667. The summed E-state index contributed by atoms with van der Waals surface area (Å²) in [6, 6.07) is 13.1. The van der Waals surface area contributed by atoms with E-state index in [1.807, 2.05) is 47.4 Å². The van der Waals surface area contributed by atoms with E-state index in [4.69, 9.17) is 15.2 Å². The number of methoxy groups -OCH3 is 2. The molecule has 126 valence electrons. The smallest absolute Gasteiger partial charge is 0.254 e. The van der Waals surface area contributed by atoms with Gasteiger partial charge in [0.25, 0.3) is 5.91 Å². The summed E-state index contributed by atoms with van der Waals surface area (Å²) in [4.78, 5) is 14.7. The Labute approximate surface area is 142 Å². The van der Waals surface area contributed by atoms with Gasteiger partial charge in [-0.25, -0.2) is 0 Å². The van der Waals surface area contributed by atoms with Gasteiger partial charge in [0.1, 0.15) is 0 Å². The molecule has 3 rings (SSSR count). The van der Waals surface area contributed by atoms with Gasteiger partial charge >= 0.3 is 0 Å². The van der Waals surface area contributed by atoms with Crippen LogP contribution in [0.5, 0.6) is 11.5 Å². The lowest BCUT2D eigenvalue weighted by Crippen LogP contribution is -2.43. The van der Waals surface area contributed by atoms with Gasteiger partial charge in [0.2, 0.25) is 0 Å². The number of carbonyl (C=O) groups excluding carboxylic acids is 1. The first kappa shape index (κ1) is 16.3. The quantitative estimate of drug-likeness (QED) is 0.937. The Morgan fingerprint density at radius 3 is 2.46 bits per heavy atom. The van der Waals surface area contributed by atoms with Gasteiger partial charge in [0.15, 0.2) is 11.5 Å². The van der Waals surface area contributed by atoms with Gasteiger partial charge in [0.05, 0.1) is 20.3 Å². The van der Waals surface area contributed by atoms with E-state index in [1.54, 1.807) is 14.2 Å². The normalized spacial score (nSPS) is 16.5. The van der Waals surface area contributed by atoms with Crippen molar-refractivity contribution in [1.29, 1.82) is 0 Å². The fourth-order valence-corrected chi connectivity index (χ4v) is 3.27. The Morgan fingerprint density at radius 2 is 1.83 bits per heavy atom. The predicted octanol–water partition coefficient (Wildman–Crippen LogP) is 2.40. The molecular weight excluding hydrogens is 304 g/mol. The molecule has 5 nitrogen and oxygen atoms in total. The number of amides is 1. The third kappa shape index (κ3) is 2.83. The molecule has 1 aliphatic rings. The van der Waals surface area contributed by atoms with Gasteiger partial charge in [-0.1, -0.05) is 18.2 Å². The van der Waals surface area contributed by atoms with Crippen molar-refractivity contribution in [2.75, 3.05) is 27.3 Å². The molecule has 0 fully saturated rings. The van der Waals surface area contributed by atoms with Crippen LogP contribution in [0.25, 0.3) is 0 Å². The van der Waals surface area contributed by atoms with E-state index >= 15 is 0 Å². The molecule has 2 N–H and O–H groups in total. The lowest BCUT2D eigenvalue weighted by Gasteiger charge is -2.37. The number of ether oxygens (including phenoxy) is 2.